The minimum atomic E-state index is -0.307. The first-order valence-electron chi connectivity index (χ1n) is 6.43. The minimum Gasteiger partial charge on any atom is -0.465 e. The molecule has 1 aromatic rings. The highest BCUT2D eigenvalue weighted by molar-refractivity contribution is 5.90. The molecule has 1 saturated carbocycles. The van der Waals surface area contributed by atoms with Gasteiger partial charge in [0, 0.05) is 11.8 Å². The van der Waals surface area contributed by atoms with Crippen molar-refractivity contribution in [3.05, 3.63) is 34.9 Å². The maximum Gasteiger partial charge on any atom is 0.337 e. The fourth-order valence-electron chi connectivity index (χ4n) is 3.22. The average molecular weight is 244 g/mol. The predicted molar refractivity (Wildman–Crippen MR) is 66.4 cm³/mol. The van der Waals surface area contributed by atoms with Gasteiger partial charge in [0.05, 0.1) is 12.7 Å². The second kappa shape index (κ2) is 4.23. The van der Waals surface area contributed by atoms with Gasteiger partial charge < -0.3 is 4.74 Å². The van der Waals surface area contributed by atoms with Crippen molar-refractivity contribution in [1.82, 2.24) is 0 Å². The molecule has 3 rings (SSSR count). The minimum absolute atomic E-state index is 0.171. The van der Waals surface area contributed by atoms with Gasteiger partial charge in [0.25, 0.3) is 0 Å². The molecule has 18 heavy (non-hydrogen) atoms. The summed E-state index contributed by atoms with van der Waals surface area (Å²) in [5.41, 5.74) is 2.96. The molecule has 94 valence electrons. The first kappa shape index (κ1) is 11.5. The zero-order chi connectivity index (χ0) is 12.7. The third kappa shape index (κ3) is 1.74. The average Bonchev–Trinajstić information content (AvgIpc) is 2.63. The van der Waals surface area contributed by atoms with Gasteiger partial charge in [-0.2, -0.15) is 0 Å². The standard InChI is InChI=1S/C15H16O3/c1-18-15(17)12-5-2-9-6-10-3-4-11(14(10)16)7-13(9)8-12/h2,5,8,10-11H,3-4,6-7H2,1H3. The van der Waals surface area contributed by atoms with Gasteiger partial charge in [0.15, 0.2) is 0 Å². The summed E-state index contributed by atoms with van der Waals surface area (Å²) in [6, 6.07) is 5.68. The van der Waals surface area contributed by atoms with Crippen LogP contribution in [0.3, 0.4) is 0 Å². The number of Topliss-reactive ketones (excluding diaryl/α,β-unsaturated/α-hetero) is 1. The van der Waals surface area contributed by atoms with Crippen molar-refractivity contribution < 1.29 is 14.3 Å². The summed E-state index contributed by atoms with van der Waals surface area (Å²) in [6.45, 7) is 0. The summed E-state index contributed by atoms with van der Waals surface area (Å²) >= 11 is 0. The van der Waals surface area contributed by atoms with Crippen molar-refractivity contribution >= 4 is 11.8 Å². The van der Waals surface area contributed by atoms with Crippen molar-refractivity contribution in [2.24, 2.45) is 11.8 Å². The van der Waals surface area contributed by atoms with E-state index in [1.54, 1.807) is 6.07 Å². The Kier molecular flexibility index (Phi) is 2.69. The molecule has 0 heterocycles. The maximum atomic E-state index is 12.1. The molecule has 2 unspecified atom stereocenters. The number of rotatable bonds is 1. The number of hydrogen-bond acceptors (Lipinski definition) is 3. The van der Waals surface area contributed by atoms with E-state index in [9.17, 15) is 9.59 Å². The van der Waals surface area contributed by atoms with Crippen molar-refractivity contribution in [3.63, 3.8) is 0 Å². The molecule has 0 spiro atoms. The molecule has 3 nitrogen and oxygen atoms in total. The Labute approximate surface area is 106 Å². The van der Waals surface area contributed by atoms with E-state index in [1.165, 1.54) is 12.7 Å². The summed E-state index contributed by atoms with van der Waals surface area (Å²) in [6.07, 6.45) is 3.66. The van der Waals surface area contributed by atoms with E-state index in [1.807, 2.05) is 12.1 Å². The number of ketones is 1. The Morgan fingerprint density at radius 1 is 1.17 bits per heavy atom. The molecule has 1 aromatic carbocycles. The molecular weight excluding hydrogens is 228 g/mol. The van der Waals surface area contributed by atoms with Crippen molar-refractivity contribution in [3.8, 4) is 0 Å². The Hall–Kier alpha value is -1.64. The summed E-state index contributed by atoms with van der Waals surface area (Å²) in [4.78, 5) is 23.6. The Bertz CT molecular complexity index is 518. The van der Waals surface area contributed by atoms with Crippen LogP contribution in [0.15, 0.2) is 18.2 Å². The molecular formula is C15H16O3. The first-order chi connectivity index (χ1) is 8.69. The fraction of sp³-hybridized carbons (Fsp3) is 0.467. The molecule has 2 aliphatic rings. The number of esters is 1. The van der Waals surface area contributed by atoms with E-state index in [4.69, 9.17) is 4.74 Å². The SMILES string of the molecule is COC(=O)c1ccc2c(c1)CC1CCC(C2)C1=O. The lowest BCUT2D eigenvalue weighted by Crippen LogP contribution is -2.13. The highest BCUT2D eigenvalue weighted by Gasteiger charge is 2.37. The number of fused-ring (bicyclic) bond motifs is 3. The second-order valence-corrected chi connectivity index (χ2v) is 5.26. The van der Waals surface area contributed by atoms with Crippen molar-refractivity contribution in [2.75, 3.05) is 7.11 Å². The van der Waals surface area contributed by atoms with Gasteiger partial charge in [-0.25, -0.2) is 4.79 Å². The van der Waals surface area contributed by atoms with E-state index in [0.717, 1.165) is 31.2 Å². The molecule has 0 amide bonds. The largest absolute Gasteiger partial charge is 0.465 e. The fourth-order valence-corrected chi connectivity index (χ4v) is 3.22. The van der Waals surface area contributed by atoms with Crippen LogP contribution in [-0.2, 0) is 22.4 Å². The van der Waals surface area contributed by atoms with Crippen molar-refractivity contribution in [2.45, 2.75) is 25.7 Å². The number of benzene rings is 1. The number of methoxy groups -OCH3 is 1. The van der Waals surface area contributed by atoms with Crippen LogP contribution in [0, 0.1) is 11.8 Å². The Morgan fingerprint density at radius 3 is 2.50 bits per heavy atom. The molecule has 2 atom stereocenters. The topological polar surface area (TPSA) is 43.4 Å². The van der Waals surface area contributed by atoms with Crippen LogP contribution in [0.25, 0.3) is 0 Å². The molecule has 0 saturated heterocycles. The van der Waals surface area contributed by atoms with Crippen LogP contribution in [-0.4, -0.2) is 18.9 Å². The summed E-state index contributed by atoms with van der Waals surface area (Å²) in [5, 5.41) is 0. The van der Waals surface area contributed by atoms with Crippen LogP contribution < -0.4 is 0 Å². The molecule has 0 aliphatic heterocycles. The van der Waals surface area contributed by atoms with Gasteiger partial charge in [-0.05, 0) is 48.9 Å². The van der Waals surface area contributed by atoms with Crippen molar-refractivity contribution in [1.29, 1.82) is 0 Å². The van der Waals surface area contributed by atoms with Crippen LogP contribution in [0.1, 0.15) is 34.3 Å². The van der Waals surface area contributed by atoms with Crippen LogP contribution in [0.2, 0.25) is 0 Å². The van der Waals surface area contributed by atoms with E-state index < -0.39 is 0 Å². The van der Waals surface area contributed by atoms with Crippen LogP contribution >= 0.6 is 0 Å². The molecule has 0 N–H and O–H groups in total. The van der Waals surface area contributed by atoms with E-state index in [-0.39, 0.29) is 17.8 Å². The second-order valence-electron chi connectivity index (χ2n) is 5.26. The lowest BCUT2D eigenvalue weighted by molar-refractivity contribution is -0.123. The summed E-state index contributed by atoms with van der Waals surface area (Å²) < 4.78 is 4.74. The molecule has 1 fully saturated rings. The zero-order valence-electron chi connectivity index (χ0n) is 10.4. The molecule has 0 radical (unpaired) electrons. The number of carbonyl (C=O) groups is 2. The smallest absolute Gasteiger partial charge is 0.337 e. The van der Waals surface area contributed by atoms with Gasteiger partial charge in [-0.3, -0.25) is 4.79 Å². The van der Waals surface area contributed by atoms with Crippen LogP contribution in [0.4, 0.5) is 0 Å². The summed E-state index contributed by atoms with van der Waals surface area (Å²) in [5.74, 6) is 0.494. The zero-order valence-corrected chi connectivity index (χ0v) is 10.4. The summed E-state index contributed by atoms with van der Waals surface area (Å²) in [7, 11) is 1.39. The molecule has 2 bridgehead atoms. The van der Waals surface area contributed by atoms with E-state index in [0.29, 0.717) is 11.3 Å². The lowest BCUT2D eigenvalue weighted by Gasteiger charge is -2.13. The van der Waals surface area contributed by atoms with Gasteiger partial charge >= 0.3 is 5.97 Å². The monoisotopic (exact) mass is 244 g/mol. The third-order valence-electron chi connectivity index (χ3n) is 4.23. The predicted octanol–water partition coefficient (Wildman–Crippen LogP) is 2.17. The van der Waals surface area contributed by atoms with Gasteiger partial charge in [-0.1, -0.05) is 6.07 Å². The van der Waals surface area contributed by atoms with Gasteiger partial charge in [0.2, 0.25) is 0 Å². The first-order valence-corrected chi connectivity index (χ1v) is 6.43. The van der Waals surface area contributed by atoms with Crippen LogP contribution in [0.5, 0.6) is 0 Å². The third-order valence-corrected chi connectivity index (χ3v) is 4.23. The lowest BCUT2D eigenvalue weighted by atomic mass is 9.92. The quantitative estimate of drug-likeness (QED) is 0.711. The highest BCUT2D eigenvalue weighted by Crippen LogP contribution is 2.37. The molecule has 0 aromatic heterocycles. The number of carbonyl (C=O) groups excluding carboxylic acids is 2. The van der Waals surface area contributed by atoms with Gasteiger partial charge in [-0.15, -0.1) is 0 Å². The number of hydrogen-bond donors (Lipinski definition) is 0. The molecule has 2 aliphatic carbocycles. The highest BCUT2D eigenvalue weighted by atomic mass is 16.5. The van der Waals surface area contributed by atoms with E-state index >= 15 is 0 Å². The van der Waals surface area contributed by atoms with Gasteiger partial charge in [0.1, 0.15) is 5.78 Å². The molecule has 3 heteroatoms. The maximum absolute atomic E-state index is 12.1. The Balaban J connectivity index is 1.98. The van der Waals surface area contributed by atoms with E-state index in [2.05, 4.69) is 0 Å². The Morgan fingerprint density at radius 2 is 1.83 bits per heavy atom. The number of ether oxygens (including phenoxy) is 1. The normalized spacial score (nSPS) is 25.5.